The van der Waals surface area contributed by atoms with Crippen molar-refractivity contribution in [1.29, 1.82) is 0 Å². The van der Waals surface area contributed by atoms with Gasteiger partial charge in [0.1, 0.15) is 0 Å². The molecule has 0 aliphatic heterocycles. The monoisotopic (exact) mass is 210 g/mol. The summed E-state index contributed by atoms with van der Waals surface area (Å²) in [5.41, 5.74) is 0. The zero-order valence-corrected chi connectivity index (χ0v) is 10.1. The molecule has 0 aromatic carbocycles. The molecule has 0 saturated carbocycles. The van der Waals surface area contributed by atoms with Gasteiger partial charge < -0.3 is 3.87 Å². The van der Waals surface area contributed by atoms with Crippen molar-refractivity contribution in [2.75, 3.05) is 5.75 Å². The Morgan fingerprint density at radius 3 is 2.08 bits per heavy atom. The van der Waals surface area contributed by atoms with Gasteiger partial charge in [-0.05, 0) is 26.1 Å². The van der Waals surface area contributed by atoms with Gasteiger partial charge in [-0.2, -0.15) is 0 Å². The van der Waals surface area contributed by atoms with E-state index in [9.17, 15) is 8.42 Å². The highest BCUT2D eigenvalue weighted by Crippen LogP contribution is 2.09. The summed E-state index contributed by atoms with van der Waals surface area (Å²) in [6.45, 7) is 7.58. The lowest BCUT2D eigenvalue weighted by atomic mass is 10.4. The lowest BCUT2D eigenvalue weighted by molar-refractivity contribution is 0.483. The molecule has 12 heavy (non-hydrogen) atoms. The van der Waals surface area contributed by atoms with Gasteiger partial charge in [0, 0.05) is 0 Å². The SMILES string of the molecule is CCCCS(=O)(=O)O[Si](C)(C)C. The highest BCUT2D eigenvalue weighted by molar-refractivity contribution is 7.87. The highest BCUT2D eigenvalue weighted by Gasteiger charge is 2.23. The minimum absolute atomic E-state index is 0.160. The normalized spacial score (nSPS) is 13.3. The molecule has 0 rings (SSSR count). The lowest BCUT2D eigenvalue weighted by Gasteiger charge is -2.16. The van der Waals surface area contributed by atoms with Crippen LogP contribution >= 0.6 is 0 Å². The van der Waals surface area contributed by atoms with Gasteiger partial charge in [-0.3, -0.25) is 0 Å². The van der Waals surface area contributed by atoms with Crippen molar-refractivity contribution in [3.63, 3.8) is 0 Å². The summed E-state index contributed by atoms with van der Waals surface area (Å²) < 4.78 is 27.5. The summed E-state index contributed by atoms with van der Waals surface area (Å²) in [7, 11) is -5.17. The molecule has 0 bridgehead atoms. The number of rotatable bonds is 5. The molecule has 0 radical (unpaired) electrons. The fraction of sp³-hybridized carbons (Fsp3) is 1.00. The van der Waals surface area contributed by atoms with Gasteiger partial charge in [0.2, 0.25) is 8.32 Å². The Balaban J connectivity index is 4.06. The molecular weight excluding hydrogens is 192 g/mol. The second-order valence-corrected chi connectivity index (χ2v) is 10.2. The van der Waals surface area contributed by atoms with Crippen LogP contribution in [-0.2, 0) is 14.0 Å². The maximum Gasteiger partial charge on any atom is 0.257 e. The third-order valence-electron chi connectivity index (χ3n) is 1.12. The van der Waals surface area contributed by atoms with Gasteiger partial charge in [-0.15, -0.1) is 0 Å². The summed E-state index contributed by atoms with van der Waals surface area (Å²) in [6.07, 6.45) is 1.57. The largest absolute Gasteiger partial charge is 0.315 e. The van der Waals surface area contributed by atoms with Crippen molar-refractivity contribution < 1.29 is 12.3 Å². The van der Waals surface area contributed by atoms with Crippen molar-refractivity contribution in [1.82, 2.24) is 0 Å². The van der Waals surface area contributed by atoms with Crippen LogP contribution in [0, 0.1) is 0 Å². The molecule has 0 unspecified atom stereocenters. The van der Waals surface area contributed by atoms with Gasteiger partial charge in [0.05, 0.1) is 5.75 Å². The Kier molecular flexibility index (Phi) is 4.43. The smallest absolute Gasteiger partial charge is 0.257 e. The van der Waals surface area contributed by atoms with E-state index < -0.39 is 18.4 Å². The summed E-state index contributed by atoms with van der Waals surface area (Å²) >= 11 is 0. The van der Waals surface area contributed by atoms with E-state index in [-0.39, 0.29) is 5.75 Å². The molecule has 0 aromatic heterocycles. The van der Waals surface area contributed by atoms with Gasteiger partial charge in [0.25, 0.3) is 10.1 Å². The van der Waals surface area contributed by atoms with Crippen LogP contribution in [0.15, 0.2) is 0 Å². The quantitative estimate of drug-likeness (QED) is 0.652. The molecule has 0 saturated heterocycles. The number of unbranched alkanes of at least 4 members (excludes halogenated alkanes) is 1. The maximum atomic E-state index is 11.2. The van der Waals surface area contributed by atoms with Crippen LogP contribution < -0.4 is 0 Å². The zero-order valence-electron chi connectivity index (χ0n) is 8.25. The fourth-order valence-corrected chi connectivity index (χ4v) is 4.77. The highest BCUT2D eigenvalue weighted by atomic mass is 32.2. The summed E-state index contributed by atoms with van der Waals surface area (Å²) in [5, 5.41) is 0. The minimum atomic E-state index is -3.24. The summed E-state index contributed by atoms with van der Waals surface area (Å²) in [6, 6.07) is 0. The average molecular weight is 210 g/mol. The average Bonchev–Trinajstić information content (AvgIpc) is 1.78. The minimum Gasteiger partial charge on any atom is -0.315 e. The third-order valence-corrected chi connectivity index (χ3v) is 4.93. The first-order valence-corrected chi connectivity index (χ1v) is 9.19. The molecule has 0 amide bonds. The van der Waals surface area contributed by atoms with Crippen LogP contribution in [0.5, 0.6) is 0 Å². The standard InChI is InChI=1S/C7H18O3SSi/c1-5-6-7-11(8,9)10-12(2,3)4/h5-7H2,1-4H3. The van der Waals surface area contributed by atoms with E-state index in [0.717, 1.165) is 6.42 Å². The Labute approximate surface area is 76.4 Å². The second-order valence-electron chi connectivity index (χ2n) is 3.81. The van der Waals surface area contributed by atoms with E-state index >= 15 is 0 Å². The molecule has 0 N–H and O–H groups in total. The van der Waals surface area contributed by atoms with Crippen molar-refractivity contribution in [2.24, 2.45) is 0 Å². The van der Waals surface area contributed by atoms with Gasteiger partial charge in [-0.25, -0.2) is 8.42 Å². The Morgan fingerprint density at radius 1 is 1.25 bits per heavy atom. The summed E-state index contributed by atoms with van der Waals surface area (Å²) in [4.78, 5) is 0. The predicted octanol–water partition coefficient (Wildman–Crippen LogP) is 1.97. The van der Waals surface area contributed by atoms with Crippen molar-refractivity contribution in [3.8, 4) is 0 Å². The maximum absolute atomic E-state index is 11.2. The van der Waals surface area contributed by atoms with E-state index in [1.54, 1.807) is 0 Å². The molecule has 0 heterocycles. The second kappa shape index (κ2) is 4.39. The van der Waals surface area contributed by atoms with Crippen LogP contribution in [-0.4, -0.2) is 22.5 Å². The van der Waals surface area contributed by atoms with Gasteiger partial charge in [0.15, 0.2) is 0 Å². The van der Waals surface area contributed by atoms with Crippen LogP contribution in [0.3, 0.4) is 0 Å². The molecule has 0 fully saturated rings. The lowest BCUT2D eigenvalue weighted by Crippen LogP contribution is -2.30. The molecule has 74 valence electrons. The molecule has 3 nitrogen and oxygen atoms in total. The molecule has 0 aromatic rings. The van der Waals surface area contributed by atoms with Crippen LogP contribution in [0.1, 0.15) is 19.8 Å². The molecule has 0 atom stereocenters. The Bertz CT molecular complexity index is 215. The molecular formula is C7H18O3SSi. The van der Waals surface area contributed by atoms with E-state index in [1.807, 2.05) is 26.6 Å². The van der Waals surface area contributed by atoms with Crippen molar-refractivity contribution >= 4 is 18.4 Å². The molecule has 5 heteroatoms. The van der Waals surface area contributed by atoms with Crippen LogP contribution in [0.2, 0.25) is 19.6 Å². The van der Waals surface area contributed by atoms with Crippen LogP contribution in [0.4, 0.5) is 0 Å². The van der Waals surface area contributed by atoms with Crippen molar-refractivity contribution in [2.45, 2.75) is 39.4 Å². The molecule has 0 aliphatic rings. The summed E-state index contributed by atoms with van der Waals surface area (Å²) in [5.74, 6) is 0.160. The zero-order chi connectivity index (χ0) is 9.83. The van der Waals surface area contributed by atoms with E-state index in [0.29, 0.717) is 6.42 Å². The van der Waals surface area contributed by atoms with Crippen LogP contribution in [0.25, 0.3) is 0 Å². The molecule has 0 spiro atoms. The Hall–Kier alpha value is 0.127. The number of hydrogen-bond acceptors (Lipinski definition) is 3. The van der Waals surface area contributed by atoms with E-state index in [4.69, 9.17) is 3.87 Å². The Morgan fingerprint density at radius 2 is 1.75 bits per heavy atom. The topological polar surface area (TPSA) is 43.4 Å². The first kappa shape index (κ1) is 12.1. The first-order valence-electron chi connectivity index (χ1n) is 4.20. The van der Waals surface area contributed by atoms with E-state index in [2.05, 4.69) is 0 Å². The third kappa shape index (κ3) is 6.81. The van der Waals surface area contributed by atoms with Gasteiger partial charge >= 0.3 is 0 Å². The fourth-order valence-electron chi connectivity index (χ4n) is 0.744. The van der Waals surface area contributed by atoms with Gasteiger partial charge in [-0.1, -0.05) is 13.3 Å². The predicted molar refractivity (Wildman–Crippen MR) is 53.1 cm³/mol. The number of hydrogen-bond donors (Lipinski definition) is 0. The first-order chi connectivity index (χ1) is 5.27. The van der Waals surface area contributed by atoms with Crippen molar-refractivity contribution in [3.05, 3.63) is 0 Å². The van der Waals surface area contributed by atoms with E-state index in [1.165, 1.54) is 0 Å². The molecule has 0 aliphatic carbocycles.